The Balaban J connectivity index is 2.42. The second-order valence-corrected chi connectivity index (χ2v) is 6.21. The number of carbonyl (C=O) groups is 2. The zero-order valence-corrected chi connectivity index (χ0v) is 14.2. The predicted octanol–water partition coefficient (Wildman–Crippen LogP) is 1.21. The normalized spacial score (nSPS) is 12.3. The lowest BCUT2D eigenvalue weighted by Crippen LogP contribution is -2.45. The van der Waals surface area contributed by atoms with Crippen molar-refractivity contribution in [1.29, 1.82) is 0 Å². The van der Waals surface area contributed by atoms with Gasteiger partial charge in [-0.1, -0.05) is 6.92 Å². The topological polar surface area (TPSA) is 128 Å². The van der Waals surface area contributed by atoms with Crippen molar-refractivity contribution in [2.24, 2.45) is 0 Å². The molecule has 0 fully saturated rings. The molecule has 1 heterocycles. The summed E-state index contributed by atoms with van der Waals surface area (Å²) in [4.78, 5) is 33.5. The van der Waals surface area contributed by atoms with Gasteiger partial charge in [-0.25, -0.2) is 4.79 Å². The predicted molar refractivity (Wildman–Crippen MR) is 85.3 cm³/mol. The van der Waals surface area contributed by atoms with E-state index < -0.39 is 16.6 Å². The average molecular weight is 341 g/mol. The Morgan fingerprint density at radius 1 is 1.46 bits per heavy atom. The Hall–Kier alpha value is -2.65. The van der Waals surface area contributed by atoms with Crippen molar-refractivity contribution in [3.8, 4) is 0 Å². The number of aromatic nitrogens is 2. The van der Waals surface area contributed by atoms with Crippen molar-refractivity contribution in [3.63, 3.8) is 0 Å². The lowest BCUT2D eigenvalue weighted by atomic mass is 10.2. The maximum atomic E-state index is 11.8. The van der Waals surface area contributed by atoms with Gasteiger partial charge in [-0.2, -0.15) is 5.10 Å². The molecule has 0 spiro atoms. The van der Waals surface area contributed by atoms with Crippen molar-refractivity contribution >= 4 is 17.7 Å². The van der Waals surface area contributed by atoms with Crippen LogP contribution in [0.1, 0.15) is 34.1 Å². The first-order chi connectivity index (χ1) is 11.1. The highest BCUT2D eigenvalue weighted by atomic mass is 16.6. The van der Waals surface area contributed by atoms with E-state index in [0.717, 1.165) is 6.20 Å². The highest BCUT2D eigenvalue weighted by Gasteiger charge is 2.19. The Kier molecular flexibility index (Phi) is 6.69. The Labute approximate surface area is 139 Å². The van der Waals surface area contributed by atoms with Crippen molar-refractivity contribution in [3.05, 3.63) is 22.5 Å². The lowest BCUT2D eigenvalue weighted by Gasteiger charge is -2.23. The fourth-order valence-corrected chi connectivity index (χ4v) is 1.75. The van der Waals surface area contributed by atoms with Crippen LogP contribution < -0.4 is 10.6 Å². The van der Waals surface area contributed by atoms with E-state index in [-0.39, 0.29) is 30.7 Å². The van der Waals surface area contributed by atoms with Crippen LogP contribution >= 0.6 is 0 Å². The van der Waals surface area contributed by atoms with Gasteiger partial charge in [-0.05, 0) is 27.2 Å². The van der Waals surface area contributed by atoms with Crippen LogP contribution in [0.5, 0.6) is 0 Å². The molecule has 0 radical (unpaired) electrons. The van der Waals surface area contributed by atoms with Gasteiger partial charge in [0.15, 0.2) is 0 Å². The minimum absolute atomic E-state index is 0.142. The summed E-state index contributed by atoms with van der Waals surface area (Å²) < 4.78 is 6.33. The third-order valence-electron chi connectivity index (χ3n) is 2.90. The van der Waals surface area contributed by atoms with E-state index in [1.54, 1.807) is 20.8 Å². The average Bonchev–Trinajstić information content (AvgIpc) is 2.90. The highest BCUT2D eigenvalue weighted by molar-refractivity contribution is 5.75. The quantitative estimate of drug-likeness (QED) is 0.566. The first-order valence-electron chi connectivity index (χ1n) is 7.53. The van der Waals surface area contributed by atoms with Gasteiger partial charge >= 0.3 is 11.8 Å². The van der Waals surface area contributed by atoms with E-state index in [2.05, 4.69) is 15.7 Å². The van der Waals surface area contributed by atoms with Crippen LogP contribution in [0.3, 0.4) is 0 Å². The molecule has 24 heavy (non-hydrogen) atoms. The van der Waals surface area contributed by atoms with Gasteiger partial charge in [0.25, 0.3) is 0 Å². The summed E-state index contributed by atoms with van der Waals surface area (Å²) in [6, 6.07) is -0.282. The molecule has 1 rings (SSSR count). The molecule has 0 saturated carbocycles. The van der Waals surface area contributed by atoms with E-state index in [1.807, 2.05) is 6.92 Å². The summed E-state index contributed by atoms with van der Waals surface area (Å²) in [5.74, 6) is -0.363. The summed E-state index contributed by atoms with van der Waals surface area (Å²) in [5, 5.41) is 19.6. The zero-order chi connectivity index (χ0) is 18.3. The molecule has 1 aromatic heterocycles. The first-order valence-corrected chi connectivity index (χ1v) is 7.53. The molecule has 1 atom stereocenters. The smallest absolute Gasteiger partial charge is 0.407 e. The second kappa shape index (κ2) is 8.27. The standard InChI is InChI=1S/C14H23N5O5/c1-5-10(17-13(21)24-14(2,3)4)6-15-12(20)9-18-8-11(7-16-18)19(22)23/h7-8,10H,5-6,9H2,1-4H3,(H,15,20)(H,17,21). The number of hydrogen-bond acceptors (Lipinski definition) is 6. The summed E-state index contributed by atoms with van der Waals surface area (Å²) in [5.41, 5.74) is -0.777. The van der Waals surface area contributed by atoms with Crippen LogP contribution in [0.25, 0.3) is 0 Å². The molecular formula is C14H23N5O5. The van der Waals surface area contributed by atoms with Gasteiger partial charge in [-0.3, -0.25) is 19.6 Å². The number of nitro groups is 1. The highest BCUT2D eigenvalue weighted by Crippen LogP contribution is 2.08. The number of amides is 2. The van der Waals surface area contributed by atoms with Crippen LogP contribution in [-0.4, -0.2) is 44.9 Å². The molecule has 2 N–H and O–H groups in total. The van der Waals surface area contributed by atoms with Gasteiger partial charge in [0.05, 0.1) is 4.92 Å². The van der Waals surface area contributed by atoms with Gasteiger partial charge in [0.1, 0.15) is 24.5 Å². The Morgan fingerprint density at radius 3 is 2.62 bits per heavy atom. The number of carbonyl (C=O) groups excluding carboxylic acids is 2. The third-order valence-corrected chi connectivity index (χ3v) is 2.90. The second-order valence-electron chi connectivity index (χ2n) is 6.21. The molecule has 10 heteroatoms. The molecule has 2 amide bonds. The fraction of sp³-hybridized carbons (Fsp3) is 0.643. The van der Waals surface area contributed by atoms with Crippen molar-refractivity contribution in [2.45, 2.75) is 52.3 Å². The van der Waals surface area contributed by atoms with E-state index in [4.69, 9.17) is 4.74 Å². The summed E-state index contributed by atoms with van der Waals surface area (Å²) in [6.07, 6.45) is 2.31. The number of nitrogens with one attached hydrogen (secondary N) is 2. The lowest BCUT2D eigenvalue weighted by molar-refractivity contribution is -0.385. The zero-order valence-electron chi connectivity index (χ0n) is 14.2. The molecule has 0 aromatic carbocycles. The molecule has 0 aliphatic carbocycles. The Morgan fingerprint density at radius 2 is 2.12 bits per heavy atom. The van der Waals surface area contributed by atoms with Crippen molar-refractivity contribution < 1.29 is 19.2 Å². The molecule has 0 aliphatic rings. The molecular weight excluding hydrogens is 318 g/mol. The SMILES string of the molecule is CCC(CNC(=O)Cn1cc([N+](=O)[O-])cn1)NC(=O)OC(C)(C)C. The largest absolute Gasteiger partial charge is 0.444 e. The van der Waals surface area contributed by atoms with Crippen LogP contribution in [0.2, 0.25) is 0 Å². The van der Waals surface area contributed by atoms with Crippen molar-refractivity contribution in [1.82, 2.24) is 20.4 Å². The molecule has 1 unspecified atom stereocenters. The van der Waals surface area contributed by atoms with Gasteiger partial charge in [-0.15, -0.1) is 0 Å². The number of alkyl carbamates (subject to hydrolysis) is 1. The molecule has 0 saturated heterocycles. The van der Waals surface area contributed by atoms with Gasteiger partial charge in [0, 0.05) is 12.6 Å². The number of ether oxygens (including phenoxy) is 1. The minimum Gasteiger partial charge on any atom is -0.444 e. The van der Waals surface area contributed by atoms with E-state index >= 15 is 0 Å². The Bertz CT molecular complexity index is 593. The molecule has 10 nitrogen and oxygen atoms in total. The van der Waals surface area contributed by atoms with Gasteiger partial charge in [0.2, 0.25) is 5.91 Å². The maximum Gasteiger partial charge on any atom is 0.407 e. The monoisotopic (exact) mass is 341 g/mol. The summed E-state index contributed by atoms with van der Waals surface area (Å²) in [7, 11) is 0. The first kappa shape index (κ1) is 19.4. The number of hydrogen-bond donors (Lipinski definition) is 2. The van der Waals surface area contributed by atoms with E-state index in [0.29, 0.717) is 6.42 Å². The van der Waals surface area contributed by atoms with Crippen LogP contribution in [0.15, 0.2) is 12.4 Å². The van der Waals surface area contributed by atoms with E-state index in [1.165, 1.54) is 10.9 Å². The minimum atomic E-state index is -0.597. The molecule has 134 valence electrons. The summed E-state index contributed by atoms with van der Waals surface area (Å²) >= 11 is 0. The molecule has 0 bridgehead atoms. The van der Waals surface area contributed by atoms with E-state index in [9.17, 15) is 19.7 Å². The number of nitrogens with zero attached hydrogens (tertiary/aromatic N) is 3. The summed E-state index contributed by atoms with van der Waals surface area (Å²) in [6.45, 7) is 7.23. The third kappa shape index (κ3) is 7.07. The van der Waals surface area contributed by atoms with Crippen LogP contribution in [0, 0.1) is 10.1 Å². The van der Waals surface area contributed by atoms with Crippen molar-refractivity contribution in [2.75, 3.05) is 6.54 Å². The van der Waals surface area contributed by atoms with Crippen LogP contribution in [0.4, 0.5) is 10.5 Å². The number of rotatable bonds is 7. The van der Waals surface area contributed by atoms with Crippen LogP contribution in [-0.2, 0) is 16.1 Å². The van der Waals surface area contributed by atoms with Gasteiger partial charge < -0.3 is 15.4 Å². The molecule has 1 aromatic rings. The molecule has 0 aliphatic heterocycles. The maximum absolute atomic E-state index is 11.8. The fourth-order valence-electron chi connectivity index (χ4n) is 1.75.